The molecule has 0 fully saturated rings. The lowest BCUT2D eigenvalue weighted by Gasteiger charge is -2.38. The molecule has 3 aromatic rings. The minimum Gasteiger partial charge on any atom is -0.352 e. The van der Waals surface area contributed by atoms with E-state index in [9.17, 15) is 9.59 Å². The van der Waals surface area contributed by atoms with Crippen LogP contribution in [0.25, 0.3) is 0 Å². The van der Waals surface area contributed by atoms with E-state index in [4.69, 9.17) is 23.2 Å². The third-order valence-electron chi connectivity index (χ3n) is 5.76. The van der Waals surface area contributed by atoms with Crippen molar-refractivity contribution >= 4 is 35.0 Å². The van der Waals surface area contributed by atoms with Crippen LogP contribution in [0.15, 0.2) is 72.8 Å². The smallest absolute Gasteiger partial charge is 0.223 e. The highest BCUT2D eigenvalue weighted by molar-refractivity contribution is 6.42. The Morgan fingerprint density at radius 2 is 1.66 bits per heavy atom. The second-order valence-corrected chi connectivity index (χ2v) is 8.69. The second-order valence-electron chi connectivity index (χ2n) is 7.87. The number of nitrogens with one attached hydrogen (secondary N) is 1. The summed E-state index contributed by atoms with van der Waals surface area (Å²) in [4.78, 5) is 27.4. The van der Waals surface area contributed by atoms with Gasteiger partial charge in [0.1, 0.15) is 0 Å². The third-order valence-corrected chi connectivity index (χ3v) is 6.50. The van der Waals surface area contributed by atoms with Gasteiger partial charge in [0.05, 0.1) is 16.1 Å². The van der Waals surface area contributed by atoms with Crippen LogP contribution in [-0.2, 0) is 22.6 Å². The van der Waals surface area contributed by atoms with Gasteiger partial charge in [-0.25, -0.2) is 0 Å². The number of hydrogen-bond acceptors (Lipinski definition) is 2. The van der Waals surface area contributed by atoms with Crippen LogP contribution in [-0.4, -0.2) is 23.3 Å². The largest absolute Gasteiger partial charge is 0.352 e. The van der Waals surface area contributed by atoms with Crippen molar-refractivity contribution in [3.05, 3.63) is 105 Å². The van der Waals surface area contributed by atoms with Crippen LogP contribution in [0.2, 0.25) is 10.0 Å². The lowest BCUT2D eigenvalue weighted by atomic mass is 9.88. The zero-order valence-electron chi connectivity index (χ0n) is 17.6. The number of rotatable bonds is 6. The molecule has 0 aliphatic carbocycles. The van der Waals surface area contributed by atoms with Crippen molar-refractivity contribution in [2.75, 3.05) is 6.54 Å². The summed E-state index contributed by atoms with van der Waals surface area (Å²) in [5.41, 5.74) is 4.36. The van der Waals surface area contributed by atoms with Crippen LogP contribution in [0.5, 0.6) is 0 Å². The van der Waals surface area contributed by atoms with Crippen LogP contribution in [0, 0.1) is 0 Å². The van der Waals surface area contributed by atoms with Crippen molar-refractivity contribution in [2.45, 2.75) is 31.8 Å². The van der Waals surface area contributed by atoms with E-state index in [2.05, 4.69) is 29.6 Å². The summed E-state index contributed by atoms with van der Waals surface area (Å²) in [5, 5.41) is 3.78. The van der Waals surface area contributed by atoms with Gasteiger partial charge < -0.3 is 10.2 Å². The quantitative estimate of drug-likeness (QED) is 0.516. The first-order valence-corrected chi connectivity index (χ1v) is 11.4. The second kappa shape index (κ2) is 10.2. The number of benzene rings is 3. The number of carbonyl (C=O) groups is 2. The van der Waals surface area contributed by atoms with Gasteiger partial charge in [0.2, 0.25) is 11.8 Å². The molecule has 1 heterocycles. The van der Waals surface area contributed by atoms with Crippen molar-refractivity contribution in [2.24, 2.45) is 0 Å². The number of hydrogen-bond donors (Lipinski definition) is 1. The summed E-state index contributed by atoms with van der Waals surface area (Å²) in [6, 6.07) is 23.4. The topological polar surface area (TPSA) is 49.4 Å². The van der Waals surface area contributed by atoms with E-state index in [-0.39, 0.29) is 30.7 Å². The average Bonchev–Trinajstić information content (AvgIpc) is 2.83. The van der Waals surface area contributed by atoms with Gasteiger partial charge in [-0.15, -0.1) is 0 Å². The molecule has 3 aromatic carbocycles. The molecular weight excluding hydrogens is 443 g/mol. The SMILES string of the molecule is O=C(CCC(=O)N1CCc2ccccc2[C@H]1c1ccccc1)NCc1ccc(Cl)c(Cl)c1. The van der Waals surface area contributed by atoms with E-state index in [1.165, 1.54) is 5.56 Å². The maximum atomic E-state index is 13.2. The van der Waals surface area contributed by atoms with E-state index >= 15 is 0 Å². The van der Waals surface area contributed by atoms with E-state index in [0.29, 0.717) is 23.1 Å². The van der Waals surface area contributed by atoms with Crippen molar-refractivity contribution in [1.82, 2.24) is 10.2 Å². The molecular formula is C26H24Cl2N2O2. The lowest BCUT2D eigenvalue weighted by molar-refractivity contribution is -0.135. The number of halogens is 2. The minimum absolute atomic E-state index is 0.0157. The number of fused-ring (bicyclic) bond motifs is 1. The van der Waals surface area contributed by atoms with Gasteiger partial charge in [-0.2, -0.15) is 0 Å². The molecule has 4 nitrogen and oxygen atoms in total. The predicted molar refractivity (Wildman–Crippen MR) is 128 cm³/mol. The first-order valence-electron chi connectivity index (χ1n) is 10.7. The fourth-order valence-corrected chi connectivity index (χ4v) is 4.45. The molecule has 0 spiro atoms. The lowest BCUT2D eigenvalue weighted by Crippen LogP contribution is -2.41. The number of carbonyl (C=O) groups excluding carboxylic acids is 2. The maximum Gasteiger partial charge on any atom is 0.223 e. The van der Waals surface area contributed by atoms with Gasteiger partial charge in [0.15, 0.2) is 0 Å². The summed E-state index contributed by atoms with van der Waals surface area (Å²) in [6.07, 6.45) is 1.12. The third kappa shape index (κ3) is 5.14. The van der Waals surface area contributed by atoms with Gasteiger partial charge in [-0.05, 0) is 40.8 Å². The molecule has 0 unspecified atom stereocenters. The van der Waals surface area contributed by atoms with Gasteiger partial charge in [0.25, 0.3) is 0 Å². The molecule has 2 amide bonds. The van der Waals surface area contributed by atoms with E-state index in [1.54, 1.807) is 12.1 Å². The molecule has 1 aliphatic rings. The Kier molecular flexibility index (Phi) is 7.13. The first-order chi connectivity index (χ1) is 15.5. The van der Waals surface area contributed by atoms with Crippen molar-refractivity contribution in [3.63, 3.8) is 0 Å². The number of amides is 2. The van der Waals surface area contributed by atoms with Crippen molar-refractivity contribution < 1.29 is 9.59 Å². The normalized spacial score (nSPS) is 15.2. The summed E-state index contributed by atoms with van der Waals surface area (Å²) in [6.45, 7) is 0.980. The highest BCUT2D eigenvalue weighted by Crippen LogP contribution is 2.35. The Hall–Kier alpha value is -2.82. The predicted octanol–water partition coefficient (Wildman–Crippen LogP) is 5.56. The summed E-state index contributed by atoms with van der Waals surface area (Å²) >= 11 is 12.0. The van der Waals surface area contributed by atoms with Crippen LogP contribution in [0.1, 0.15) is 41.1 Å². The monoisotopic (exact) mass is 466 g/mol. The summed E-state index contributed by atoms with van der Waals surface area (Å²) < 4.78 is 0. The molecule has 164 valence electrons. The Morgan fingerprint density at radius 3 is 2.44 bits per heavy atom. The van der Waals surface area contributed by atoms with Gasteiger partial charge in [0, 0.05) is 25.9 Å². The Labute approximate surface area is 198 Å². The van der Waals surface area contributed by atoms with E-state index in [1.807, 2.05) is 41.3 Å². The van der Waals surface area contributed by atoms with Gasteiger partial charge in [-0.1, -0.05) is 83.9 Å². The van der Waals surface area contributed by atoms with E-state index in [0.717, 1.165) is 23.1 Å². The van der Waals surface area contributed by atoms with Gasteiger partial charge >= 0.3 is 0 Å². The standard InChI is InChI=1S/C26H24Cl2N2O2/c27-22-11-10-18(16-23(22)28)17-29-24(31)12-13-25(32)30-15-14-19-6-4-5-9-21(19)26(30)20-7-2-1-3-8-20/h1-11,16,26H,12-15,17H2,(H,29,31)/t26-/m1/s1. The molecule has 32 heavy (non-hydrogen) atoms. The summed E-state index contributed by atoms with van der Waals surface area (Å²) in [7, 11) is 0. The Balaban J connectivity index is 1.40. The zero-order chi connectivity index (χ0) is 22.5. The highest BCUT2D eigenvalue weighted by atomic mass is 35.5. The fourth-order valence-electron chi connectivity index (χ4n) is 4.13. The Bertz CT molecular complexity index is 1120. The Morgan fingerprint density at radius 1 is 0.906 bits per heavy atom. The first kappa shape index (κ1) is 22.4. The van der Waals surface area contributed by atoms with E-state index < -0.39 is 0 Å². The number of nitrogens with zero attached hydrogens (tertiary/aromatic N) is 1. The molecule has 0 saturated heterocycles. The fraction of sp³-hybridized carbons (Fsp3) is 0.231. The zero-order valence-corrected chi connectivity index (χ0v) is 19.1. The van der Waals surface area contributed by atoms with Crippen molar-refractivity contribution in [3.8, 4) is 0 Å². The summed E-state index contributed by atoms with van der Waals surface area (Å²) in [5.74, 6) is -0.184. The molecule has 0 aromatic heterocycles. The van der Waals surface area contributed by atoms with Crippen LogP contribution in [0.4, 0.5) is 0 Å². The van der Waals surface area contributed by atoms with Crippen LogP contribution < -0.4 is 5.32 Å². The molecule has 0 radical (unpaired) electrons. The maximum absolute atomic E-state index is 13.2. The minimum atomic E-state index is -0.168. The molecule has 0 bridgehead atoms. The molecule has 4 rings (SSSR count). The molecule has 0 saturated carbocycles. The van der Waals surface area contributed by atoms with Crippen LogP contribution >= 0.6 is 23.2 Å². The average molecular weight is 467 g/mol. The molecule has 1 atom stereocenters. The van der Waals surface area contributed by atoms with Crippen molar-refractivity contribution in [1.29, 1.82) is 0 Å². The highest BCUT2D eigenvalue weighted by Gasteiger charge is 2.31. The molecule has 1 aliphatic heterocycles. The molecule has 6 heteroatoms. The molecule has 1 N–H and O–H groups in total. The van der Waals surface area contributed by atoms with Gasteiger partial charge in [-0.3, -0.25) is 9.59 Å². The van der Waals surface area contributed by atoms with Crippen LogP contribution in [0.3, 0.4) is 0 Å².